The van der Waals surface area contributed by atoms with Gasteiger partial charge in [0.05, 0.1) is 35.1 Å². The van der Waals surface area contributed by atoms with Gasteiger partial charge in [-0.05, 0) is 25.0 Å². The van der Waals surface area contributed by atoms with Gasteiger partial charge < -0.3 is 15.0 Å². The number of hydrogen-bond acceptors (Lipinski definition) is 5. The molecule has 1 aliphatic heterocycles. The first kappa shape index (κ1) is 17.3. The maximum atomic E-state index is 12.6. The number of rotatable bonds is 5. The van der Waals surface area contributed by atoms with E-state index in [1.807, 2.05) is 29.2 Å². The smallest absolute Gasteiger partial charge is 0.252 e. The van der Waals surface area contributed by atoms with Crippen molar-refractivity contribution in [1.82, 2.24) is 15.2 Å². The normalized spacial score (nSPS) is 17.3. The topological polar surface area (TPSA) is 71.5 Å². The number of aromatic nitrogens is 1. The molecule has 1 N–H and O–H groups in total. The molecule has 1 saturated heterocycles. The van der Waals surface area contributed by atoms with Crippen LogP contribution in [0.1, 0.15) is 23.2 Å². The Morgan fingerprint density at radius 3 is 2.77 bits per heavy atom. The minimum atomic E-state index is -0.0625. The van der Waals surface area contributed by atoms with Gasteiger partial charge in [0.1, 0.15) is 0 Å². The zero-order valence-corrected chi connectivity index (χ0v) is 15.3. The Morgan fingerprint density at radius 2 is 2.00 bits per heavy atom. The van der Waals surface area contributed by atoms with Crippen LogP contribution < -0.4 is 5.32 Å². The lowest BCUT2D eigenvalue weighted by molar-refractivity contribution is -0.132. The quantitative estimate of drug-likeness (QED) is 0.815. The highest BCUT2D eigenvalue weighted by Gasteiger charge is 2.25. The minimum absolute atomic E-state index is 0.0625. The van der Waals surface area contributed by atoms with Crippen molar-refractivity contribution in [2.24, 2.45) is 0 Å². The van der Waals surface area contributed by atoms with Gasteiger partial charge in [0.25, 0.3) is 5.91 Å². The molecule has 2 aromatic rings. The van der Waals surface area contributed by atoms with E-state index in [4.69, 9.17) is 4.74 Å². The summed E-state index contributed by atoms with van der Waals surface area (Å²) in [6.45, 7) is 2.46. The van der Waals surface area contributed by atoms with Gasteiger partial charge in [-0.1, -0.05) is 30.0 Å². The molecule has 0 bridgehead atoms. The molecule has 1 saturated carbocycles. The lowest BCUT2D eigenvalue weighted by Crippen LogP contribution is -2.41. The van der Waals surface area contributed by atoms with E-state index in [1.54, 1.807) is 6.07 Å². The average Bonchev–Trinajstić information content (AvgIpc) is 3.50. The van der Waals surface area contributed by atoms with Crippen LogP contribution in [0.4, 0.5) is 0 Å². The number of thioether (sulfide) groups is 1. The van der Waals surface area contributed by atoms with Gasteiger partial charge in [-0.2, -0.15) is 0 Å². The van der Waals surface area contributed by atoms with Crippen LogP contribution in [0.5, 0.6) is 0 Å². The molecule has 7 heteroatoms. The molecule has 2 amide bonds. The van der Waals surface area contributed by atoms with Crippen LogP contribution in [0.15, 0.2) is 35.4 Å². The predicted molar refractivity (Wildman–Crippen MR) is 100 cm³/mol. The Balaban J connectivity index is 1.52. The number of nitrogens with zero attached hydrogens (tertiary/aromatic N) is 2. The van der Waals surface area contributed by atoms with E-state index < -0.39 is 0 Å². The summed E-state index contributed by atoms with van der Waals surface area (Å²) in [5, 5.41) is 4.58. The molecule has 1 aromatic carbocycles. The van der Waals surface area contributed by atoms with E-state index in [9.17, 15) is 9.59 Å². The molecule has 6 nitrogen and oxygen atoms in total. The lowest BCUT2D eigenvalue weighted by Gasteiger charge is -2.26. The average molecular weight is 371 g/mol. The van der Waals surface area contributed by atoms with Crippen molar-refractivity contribution >= 4 is 34.5 Å². The fraction of sp³-hybridized carbons (Fsp3) is 0.421. The zero-order chi connectivity index (χ0) is 17.9. The molecule has 0 atom stereocenters. The van der Waals surface area contributed by atoms with Crippen LogP contribution in [0.2, 0.25) is 0 Å². The molecular formula is C19H21N3O3S. The predicted octanol–water partition coefficient (Wildman–Crippen LogP) is 2.08. The van der Waals surface area contributed by atoms with Crippen molar-refractivity contribution in [2.45, 2.75) is 23.9 Å². The number of fused-ring (bicyclic) bond motifs is 1. The van der Waals surface area contributed by atoms with Gasteiger partial charge in [0.15, 0.2) is 0 Å². The maximum Gasteiger partial charge on any atom is 0.252 e. The number of benzene rings is 1. The summed E-state index contributed by atoms with van der Waals surface area (Å²) >= 11 is 1.38. The number of amides is 2. The van der Waals surface area contributed by atoms with Gasteiger partial charge in [-0.25, -0.2) is 4.98 Å². The SMILES string of the molecule is O=C(NC1CC1)c1cc(SCC(=O)N2CCOCC2)nc2ccccc12. The largest absolute Gasteiger partial charge is 0.378 e. The van der Waals surface area contributed by atoms with Crippen molar-refractivity contribution in [3.05, 3.63) is 35.9 Å². The summed E-state index contributed by atoms with van der Waals surface area (Å²) in [4.78, 5) is 31.4. The van der Waals surface area contributed by atoms with Crippen LogP contribution >= 0.6 is 11.8 Å². The Hall–Kier alpha value is -2.12. The van der Waals surface area contributed by atoms with Gasteiger partial charge in [-0.15, -0.1) is 0 Å². The van der Waals surface area contributed by atoms with Crippen LogP contribution in [-0.2, 0) is 9.53 Å². The molecule has 0 radical (unpaired) electrons. The molecule has 2 fully saturated rings. The van der Waals surface area contributed by atoms with E-state index in [1.165, 1.54) is 11.8 Å². The molecule has 0 spiro atoms. The van der Waals surface area contributed by atoms with Gasteiger partial charge in [-0.3, -0.25) is 9.59 Å². The summed E-state index contributed by atoms with van der Waals surface area (Å²) < 4.78 is 5.28. The molecule has 136 valence electrons. The summed E-state index contributed by atoms with van der Waals surface area (Å²) in [6, 6.07) is 9.73. The highest BCUT2D eigenvalue weighted by molar-refractivity contribution is 7.99. The standard InChI is InChI=1S/C19H21N3O3S/c23-18(22-7-9-25-10-8-22)12-26-17-11-15(19(24)20-13-5-6-13)14-3-1-2-4-16(14)21-17/h1-4,11,13H,5-10,12H2,(H,20,24). The molecule has 0 unspecified atom stereocenters. The fourth-order valence-corrected chi connectivity index (χ4v) is 3.76. The molecule has 2 heterocycles. The number of carbonyl (C=O) groups excluding carboxylic acids is 2. The van der Waals surface area contributed by atoms with Crippen molar-refractivity contribution < 1.29 is 14.3 Å². The van der Waals surface area contributed by atoms with Crippen LogP contribution in [0.25, 0.3) is 10.9 Å². The van der Waals surface area contributed by atoms with Crippen molar-refractivity contribution in [3.63, 3.8) is 0 Å². The van der Waals surface area contributed by atoms with Crippen molar-refractivity contribution in [1.29, 1.82) is 0 Å². The highest BCUT2D eigenvalue weighted by atomic mass is 32.2. The number of carbonyl (C=O) groups is 2. The molecule has 1 aromatic heterocycles. The lowest BCUT2D eigenvalue weighted by atomic mass is 10.1. The maximum absolute atomic E-state index is 12.6. The van der Waals surface area contributed by atoms with Crippen LogP contribution in [0.3, 0.4) is 0 Å². The Bertz CT molecular complexity index is 832. The van der Waals surface area contributed by atoms with E-state index in [-0.39, 0.29) is 11.8 Å². The third-order valence-corrected chi connectivity index (χ3v) is 5.45. The van der Waals surface area contributed by atoms with Gasteiger partial charge in [0, 0.05) is 24.5 Å². The zero-order valence-electron chi connectivity index (χ0n) is 14.4. The summed E-state index contributed by atoms with van der Waals surface area (Å²) in [7, 11) is 0. The van der Waals surface area contributed by atoms with Gasteiger partial charge >= 0.3 is 0 Å². The Labute approximate surface area is 156 Å². The first-order valence-electron chi connectivity index (χ1n) is 8.90. The second-order valence-corrected chi connectivity index (χ2v) is 7.55. The first-order valence-corrected chi connectivity index (χ1v) is 9.88. The molecular weight excluding hydrogens is 350 g/mol. The molecule has 26 heavy (non-hydrogen) atoms. The highest BCUT2D eigenvalue weighted by Crippen LogP contribution is 2.26. The number of hydrogen-bond donors (Lipinski definition) is 1. The third-order valence-electron chi connectivity index (χ3n) is 4.56. The Morgan fingerprint density at radius 1 is 1.23 bits per heavy atom. The van der Waals surface area contributed by atoms with E-state index in [0.29, 0.717) is 48.7 Å². The minimum Gasteiger partial charge on any atom is -0.378 e. The van der Waals surface area contributed by atoms with E-state index in [0.717, 1.165) is 23.7 Å². The summed E-state index contributed by atoms with van der Waals surface area (Å²) in [6.07, 6.45) is 2.09. The van der Waals surface area contributed by atoms with E-state index in [2.05, 4.69) is 10.3 Å². The van der Waals surface area contributed by atoms with Gasteiger partial charge in [0.2, 0.25) is 5.91 Å². The van der Waals surface area contributed by atoms with Crippen LogP contribution in [-0.4, -0.2) is 59.8 Å². The van der Waals surface area contributed by atoms with Crippen molar-refractivity contribution in [3.8, 4) is 0 Å². The third kappa shape index (κ3) is 3.99. The first-order chi connectivity index (χ1) is 12.7. The number of para-hydroxylation sites is 1. The number of morpholine rings is 1. The second kappa shape index (κ2) is 7.63. The summed E-state index contributed by atoms with van der Waals surface area (Å²) in [5.74, 6) is 0.333. The van der Waals surface area contributed by atoms with Crippen molar-refractivity contribution in [2.75, 3.05) is 32.1 Å². The molecule has 1 aliphatic carbocycles. The number of pyridine rings is 1. The Kier molecular flexibility index (Phi) is 5.08. The summed E-state index contributed by atoms with van der Waals surface area (Å²) in [5.41, 5.74) is 1.40. The van der Waals surface area contributed by atoms with Crippen LogP contribution in [0, 0.1) is 0 Å². The van der Waals surface area contributed by atoms with E-state index >= 15 is 0 Å². The molecule has 2 aliphatic rings. The molecule has 4 rings (SSSR count). The number of nitrogens with one attached hydrogen (secondary N) is 1. The second-order valence-electron chi connectivity index (χ2n) is 6.55. The fourth-order valence-electron chi connectivity index (χ4n) is 2.94. The monoisotopic (exact) mass is 371 g/mol. The number of ether oxygens (including phenoxy) is 1.